The van der Waals surface area contributed by atoms with E-state index in [0.29, 0.717) is 40.4 Å². The normalized spacial score (nSPS) is 10.6. The topological polar surface area (TPSA) is 91.4 Å². The summed E-state index contributed by atoms with van der Waals surface area (Å²) in [5, 5.41) is 7.13. The van der Waals surface area contributed by atoms with Crippen molar-refractivity contribution in [2.45, 2.75) is 0 Å². The summed E-state index contributed by atoms with van der Waals surface area (Å²) < 4.78 is 13.4. The fraction of sp³-hybridized carbons (Fsp3) is 0.200. The lowest BCUT2D eigenvalue weighted by molar-refractivity contribution is 0.102. The minimum atomic E-state index is -0.252. The number of nitrogens with one attached hydrogen (secondary N) is 1. The predicted octanol–water partition coefficient (Wildman–Crippen LogP) is 3.45. The maximum Gasteiger partial charge on any atom is 0.256 e. The molecule has 3 rings (SSSR count). The van der Waals surface area contributed by atoms with Crippen molar-refractivity contribution in [3.05, 3.63) is 58.7 Å². The quantitative estimate of drug-likeness (QED) is 0.582. The molecule has 0 fully saturated rings. The number of carbonyl (C=O) groups is 1. The Labute approximate surface area is 171 Å². The lowest BCUT2D eigenvalue weighted by Crippen LogP contribution is -2.14. The lowest BCUT2D eigenvalue weighted by Gasteiger charge is -2.14. The van der Waals surface area contributed by atoms with Crippen LogP contribution in [0, 0.1) is 0 Å². The van der Waals surface area contributed by atoms with E-state index in [0.717, 1.165) is 11.3 Å². The van der Waals surface area contributed by atoms with Crippen LogP contribution in [0.25, 0.3) is 11.3 Å². The van der Waals surface area contributed by atoms with Crippen LogP contribution in [-0.4, -0.2) is 35.9 Å². The third-order valence-corrected chi connectivity index (χ3v) is 4.82. The minimum absolute atomic E-state index is 0.252. The molecule has 1 aromatic heterocycles. The highest BCUT2D eigenvalue weighted by Crippen LogP contribution is 2.33. The number of amides is 1. The summed E-state index contributed by atoms with van der Waals surface area (Å²) in [7, 11) is 3.41. The number of aromatic nitrogens is 2. The van der Waals surface area contributed by atoms with E-state index < -0.39 is 0 Å². The summed E-state index contributed by atoms with van der Waals surface area (Å²) in [6, 6.07) is 12.6. The van der Waals surface area contributed by atoms with E-state index in [9.17, 15) is 4.79 Å². The highest BCUT2D eigenvalue weighted by Gasteiger charge is 2.15. The zero-order valence-electron chi connectivity index (χ0n) is 15.6. The molecule has 1 amide bonds. The van der Waals surface area contributed by atoms with Crippen molar-refractivity contribution in [3.8, 4) is 22.8 Å². The smallest absolute Gasteiger partial charge is 0.256 e. The number of ether oxygens (including phenoxy) is 2. The zero-order chi connectivity index (χ0) is 20.1. The Balaban J connectivity index is 1.92. The van der Waals surface area contributed by atoms with Crippen LogP contribution in [0.4, 0.5) is 5.69 Å². The van der Waals surface area contributed by atoms with Crippen LogP contribution in [0.2, 0.25) is 0 Å². The lowest BCUT2D eigenvalue weighted by atomic mass is 10.1. The van der Waals surface area contributed by atoms with Crippen molar-refractivity contribution < 1.29 is 14.3 Å². The molecular weight excluding hydrogens is 424 g/mol. The molecule has 8 heteroatoms. The first kappa shape index (κ1) is 19.9. The van der Waals surface area contributed by atoms with Crippen LogP contribution in [0.5, 0.6) is 11.5 Å². The van der Waals surface area contributed by atoms with Gasteiger partial charge in [0, 0.05) is 35.5 Å². The molecule has 0 bridgehead atoms. The van der Waals surface area contributed by atoms with Crippen molar-refractivity contribution in [2.75, 3.05) is 25.6 Å². The van der Waals surface area contributed by atoms with Gasteiger partial charge in [-0.25, -0.2) is 0 Å². The molecule has 7 nitrogen and oxygen atoms in total. The van der Waals surface area contributed by atoms with Crippen LogP contribution in [0.15, 0.2) is 53.1 Å². The molecule has 0 aliphatic heterocycles. The van der Waals surface area contributed by atoms with Crippen LogP contribution in [0.3, 0.4) is 0 Å². The second-order valence-corrected chi connectivity index (χ2v) is 6.84. The first-order chi connectivity index (χ1) is 13.5. The number of nitrogens with two attached hydrogens (primary N) is 1. The number of hydrogen-bond acceptors (Lipinski definition) is 5. The highest BCUT2D eigenvalue weighted by molar-refractivity contribution is 9.10. The van der Waals surface area contributed by atoms with Crippen molar-refractivity contribution in [3.63, 3.8) is 0 Å². The molecule has 1 heterocycles. The monoisotopic (exact) mass is 444 g/mol. The van der Waals surface area contributed by atoms with E-state index in [2.05, 4.69) is 26.3 Å². The number of benzene rings is 2. The van der Waals surface area contributed by atoms with Gasteiger partial charge in [-0.1, -0.05) is 0 Å². The van der Waals surface area contributed by atoms with Gasteiger partial charge in [0.25, 0.3) is 5.91 Å². The van der Waals surface area contributed by atoms with E-state index in [1.54, 1.807) is 42.3 Å². The molecule has 0 aliphatic rings. The van der Waals surface area contributed by atoms with E-state index >= 15 is 0 Å². The van der Waals surface area contributed by atoms with Gasteiger partial charge in [-0.15, -0.1) is 0 Å². The summed E-state index contributed by atoms with van der Waals surface area (Å²) in [6.45, 7) is 0.806. The van der Waals surface area contributed by atoms with Crippen molar-refractivity contribution in [1.29, 1.82) is 0 Å². The van der Waals surface area contributed by atoms with E-state index in [1.165, 1.54) is 0 Å². The van der Waals surface area contributed by atoms with Gasteiger partial charge in [0.15, 0.2) is 0 Å². The van der Waals surface area contributed by atoms with Crippen molar-refractivity contribution >= 4 is 27.5 Å². The number of anilines is 1. The Bertz CT molecular complexity index is 987. The fourth-order valence-electron chi connectivity index (χ4n) is 2.74. The minimum Gasteiger partial charge on any atom is -0.497 e. The molecule has 0 saturated heterocycles. The number of halogens is 1. The summed E-state index contributed by atoms with van der Waals surface area (Å²) in [4.78, 5) is 12.8. The first-order valence-corrected chi connectivity index (χ1v) is 9.43. The van der Waals surface area contributed by atoms with Gasteiger partial charge in [-0.2, -0.15) is 5.10 Å². The Kier molecular flexibility index (Phi) is 6.33. The van der Waals surface area contributed by atoms with E-state index in [1.807, 2.05) is 25.2 Å². The number of carbonyl (C=O) groups excluding carboxylic acids is 1. The molecule has 28 heavy (non-hydrogen) atoms. The number of hydrogen-bond donors (Lipinski definition) is 2. The average Bonchev–Trinajstić information content (AvgIpc) is 3.13. The molecule has 0 spiro atoms. The van der Waals surface area contributed by atoms with Crippen LogP contribution < -0.4 is 20.5 Å². The predicted molar refractivity (Wildman–Crippen MR) is 112 cm³/mol. The van der Waals surface area contributed by atoms with Gasteiger partial charge < -0.3 is 20.5 Å². The second-order valence-electron chi connectivity index (χ2n) is 5.99. The van der Waals surface area contributed by atoms with Gasteiger partial charge in [0.05, 0.1) is 18.4 Å². The third-order valence-electron chi connectivity index (χ3n) is 4.13. The number of nitrogens with zero attached hydrogens (tertiary/aromatic N) is 2. The molecule has 0 radical (unpaired) electrons. The SMILES string of the molecule is COc1ccc(Br)c(C(=O)Nc2ccc(OCCN)c(-c3ccnn3C)c2)c1. The molecule has 0 saturated carbocycles. The van der Waals surface area contributed by atoms with Gasteiger partial charge in [0.2, 0.25) is 0 Å². The average molecular weight is 445 g/mol. The summed E-state index contributed by atoms with van der Waals surface area (Å²) in [5.74, 6) is 1.03. The van der Waals surface area contributed by atoms with Gasteiger partial charge in [-0.3, -0.25) is 9.48 Å². The third kappa shape index (κ3) is 4.35. The Morgan fingerprint density at radius 2 is 2.07 bits per heavy atom. The van der Waals surface area contributed by atoms with Crippen molar-refractivity contribution in [2.24, 2.45) is 12.8 Å². The number of aryl methyl sites for hydroxylation is 1. The Hall–Kier alpha value is -2.84. The summed E-state index contributed by atoms with van der Waals surface area (Å²) in [5.41, 5.74) is 8.35. The van der Waals surface area contributed by atoms with Gasteiger partial charge >= 0.3 is 0 Å². The van der Waals surface area contributed by atoms with Crippen LogP contribution >= 0.6 is 15.9 Å². The summed E-state index contributed by atoms with van der Waals surface area (Å²) in [6.07, 6.45) is 1.71. The largest absolute Gasteiger partial charge is 0.497 e. The Morgan fingerprint density at radius 3 is 2.75 bits per heavy atom. The van der Waals surface area contributed by atoms with E-state index in [-0.39, 0.29) is 5.91 Å². The van der Waals surface area contributed by atoms with Crippen molar-refractivity contribution in [1.82, 2.24) is 9.78 Å². The standard InChI is InChI=1S/C20H21BrN4O3/c1-25-18(7-9-23-25)16-11-13(3-6-19(16)28-10-8-22)24-20(26)15-12-14(27-2)4-5-17(15)21/h3-7,9,11-12H,8,10,22H2,1-2H3,(H,24,26). The fourth-order valence-corrected chi connectivity index (χ4v) is 3.17. The molecular formula is C20H21BrN4O3. The number of rotatable bonds is 7. The highest BCUT2D eigenvalue weighted by atomic mass is 79.9. The molecule has 0 unspecified atom stereocenters. The van der Waals surface area contributed by atoms with Crippen LogP contribution in [0.1, 0.15) is 10.4 Å². The first-order valence-electron chi connectivity index (χ1n) is 8.63. The van der Waals surface area contributed by atoms with E-state index in [4.69, 9.17) is 15.2 Å². The Morgan fingerprint density at radius 1 is 1.25 bits per heavy atom. The summed E-state index contributed by atoms with van der Waals surface area (Å²) >= 11 is 3.41. The maximum atomic E-state index is 12.8. The molecule has 0 aliphatic carbocycles. The van der Waals surface area contributed by atoms with Crippen LogP contribution in [-0.2, 0) is 7.05 Å². The van der Waals surface area contributed by atoms with Gasteiger partial charge in [-0.05, 0) is 58.4 Å². The molecule has 2 aromatic carbocycles. The molecule has 3 N–H and O–H groups in total. The molecule has 3 aromatic rings. The zero-order valence-corrected chi connectivity index (χ0v) is 17.2. The molecule has 146 valence electrons. The maximum absolute atomic E-state index is 12.8. The second kappa shape index (κ2) is 8.90. The molecule has 0 atom stereocenters. The van der Waals surface area contributed by atoms with Gasteiger partial charge in [0.1, 0.15) is 18.1 Å². The number of methoxy groups -OCH3 is 1.